The van der Waals surface area contributed by atoms with Crippen LogP contribution in [0, 0.1) is 12.8 Å². The van der Waals surface area contributed by atoms with E-state index in [1.807, 2.05) is 26.1 Å². The van der Waals surface area contributed by atoms with Gasteiger partial charge in [0.25, 0.3) is 0 Å². The Labute approximate surface area is 174 Å². The normalized spacial score (nSPS) is 15.1. The van der Waals surface area contributed by atoms with Crippen molar-refractivity contribution in [3.63, 3.8) is 0 Å². The van der Waals surface area contributed by atoms with E-state index in [9.17, 15) is 4.79 Å². The van der Waals surface area contributed by atoms with E-state index in [0.717, 1.165) is 43.2 Å². The Morgan fingerprint density at radius 2 is 2.07 bits per heavy atom. The number of amides is 1. The average molecular weight is 411 g/mol. The Bertz CT molecular complexity index is 981. The van der Waals surface area contributed by atoms with Crippen molar-refractivity contribution in [2.75, 3.05) is 18.4 Å². The van der Waals surface area contributed by atoms with E-state index >= 15 is 0 Å². The third kappa shape index (κ3) is 5.07. The van der Waals surface area contributed by atoms with Crippen molar-refractivity contribution in [1.29, 1.82) is 0 Å². The Balaban J connectivity index is 1.26. The lowest BCUT2D eigenvalue weighted by Gasteiger charge is -2.28. The van der Waals surface area contributed by atoms with Crippen LogP contribution in [-0.2, 0) is 30.7 Å². The standard InChI is InChI=1S/C21H26N6OS/c1-15(13-27-12-7-16(2)25-27)20(28)22-21-24-23-19(29-21)9-11-26-10-8-17-5-3-4-6-18(17)14-26/h3-7,12,15H,8-11,13-14H2,1-2H3,(H,22,24,28). The van der Waals surface area contributed by atoms with Crippen LogP contribution in [0.3, 0.4) is 0 Å². The van der Waals surface area contributed by atoms with Crippen LogP contribution in [-0.4, -0.2) is 43.9 Å². The zero-order chi connectivity index (χ0) is 20.2. The number of hydrogen-bond donors (Lipinski definition) is 1. The van der Waals surface area contributed by atoms with Gasteiger partial charge in [0.15, 0.2) is 0 Å². The molecule has 1 amide bonds. The van der Waals surface area contributed by atoms with Crippen LogP contribution in [0.25, 0.3) is 0 Å². The number of hydrogen-bond acceptors (Lipinski definition) is 6. The molecule has 1 aliphatic rings. The second kappa shape index (κ2) is 8.84. The number of aryl methyl sites for hydroxylation is 1. The van der Waals surface area contributed by atoms with Gasteiger partial charge in [-0.05, 0) is 30.5 Å². The van der Waals surface area contributed by atoms with Crippen LogP contribution in [0.1, 0.15) is 28.8 Å². The fourth-order valence-electron chi connectivity index (χ4n) is 3.56. The summed E-state index contributed by atoms with van der Waals surface area (Å²) in [5.41, 5.74) is 3.83. The fourth-order valence-corrected chi connectivity index (χ4v) is 4.29. The van der Waals surface area contributed by atoms with Gasteiger partial charge in [-0.15, -0.1) is 10.2 Å². The zero-order valence-electron chi connectivity index (χ0n) is 16.8. The van der Waals surface area contributed by atoms with Crippen molar-refractivity contribution >= 4 is 22.4 Å². The predicted octanol–water partition coefficient (Wildman–Crippen LogP) is 2.92. The number of anilines is 1. The molecule has 0 aliphatic carbocycles. The first kappa shape index (κ1) is 19.7. The Kier molecular flexibility index (Phi) is 6.01. The molecule has 1 atom stereocenters. The van der Waals surface area contributed by atoms with Crippen molar-refractivity contribution in [2.45, 2.75) is 39.8 Å². The van der Waals surface area contributed by atoms with Gasteiger partial charge in [0.1, 0.15) is 5.01 Å². The molecule has 3 aromatic rings. The van der Waals surface area contributed by atoms with Crippen LogP contribution < -0.4 is 5.32 Å². The number of nitrogens with one attached hydrogen (secondary N) is 1. The second-order valence-electron chi connectivity index (χ2n) is 7.62. The molecule has 3 heterocycles. The third-order valence-corrected chi connectivity index (χ3v) is 6.13. The van der Waals surface area contributed by atoms with E-state index in [1.165, 1.54) is 22.5 Å². The minimum absolute atomic E-state index is 0.0616. The molecule has 1 aliphatic heterocycles. The number of fused-ring (bicyclic) bond motifs is 1. The Morgan fingerprint density at radius 1 is 1.24 bits per heavy atom. The van der Waals surface area contributed by atoms with Crippen molar-refractivity contribution in [3.05, 3.63) is 58.4 Å². The molecule has 4 rings (SSSR count). The molecule has 152 valence electrons. The first-order valence-corrected chi connectivity index (χ1v) is 10.8. The van der Waals surface area contributed by atoms with Crippen LogP contribution in [0.2, 0.25) is 0 Å². The number of carbonyl (C=O) groups excluding carboxylic acids is 1. The molecule has 2 aromatic heterocycles. The highest BCUT2D eigenvalue weighted by atomic mass is 32.1. The van der Waals surface area contributed by atoms with E-state index in [2.05, 4.69) is 49.8 Å². The first-order chi connectivity index (χ1) is 14.1. The van der Waals surface area contributed by atoms with E-state index in [1.54, 1.807) is 4.68 Å². The highest BCUT2D eigenvalue weighted by molar-refractivity contribution is 7.15. The van der Waals surface area contributed by atoms with Gasteiger partial charge in [0.2, 0.25) is 11.0 Å². The summed E-state index contributed by atoms with van der Waals surface area (Å²) in [7, 11) is 0. The molecule has 0 bridgehead atoms. The fraction of sp³-hybridized carbons (Fsp3) is 0.429. The first-order valence-electron chi connectivity index (χ1n) is 9.99. The van der Waals surface area contributed by atoms with Gasteiger partial charge in [0, 0.05) is 32.3 Å². The molecule has 0 saturated carbocycles. The summed E-state index contributed by atoms with van der Waals surface area (Å²) in [5, 5.41) is 17.1. The summed E-state index contributed by atoms with van der Waals surface area (Å²) in [6.07, 6.45) is 3.83. The molecule has 7 nitrogen and oxygen atoms in total. The number of aromatic nitrogens is 4. The van der Waals surface area contributed by atoms with Gasteiger partial charge in [0.05, 0.1) is 18.2 Å². The van der Waals surface area contributed by atoms with Gasteiger partial charge in [-0.3, -0.25) is 14.4 Å². The van der Waals surface area contributed by atoms with Crippen molar-refractivity contribution < 1.29 is 4.79 Å². The average Bonchev–Trinajstić information content (AvgIpc) is 3.34. The molecule has 0 fully saturated rings. The Morgan fingerprint density at radius 3 is 2.86 bits per heavy atom. The summed E-state index contributed by atoms with van der Waals surface area (Å²) in [6, 6.07) is 10.6. The summed E-state index contributed by atoms with van der Waals surface area (Å²) >= 11 is 1.46. The van der Waals surface area contributed by atoms with E-state index < -0.39 is 0 Å². The van der Waals surface area contributed by atoms with Gasteiger partial charge in [-0.2, -0.15) is 5.10 Å². The molecule has 8 heteroatoms. The molecular weight excluding hydrogens is 384 g/mol. The highest BCUT2D eigenvalue weighted by Gasteiger charge is 2.18. The number of nitrogens with zero attached hydrogens (tertiary/aromatic N) is 5. The lowest BCUT2D eigenvalue weighted by atomic mass is 10.00. The number of carbonyl (C=O) groups is 1. The quantitative estimate of drug-likeness (QED) is 0.648. The largest absolute Gasteiger partial charge is 0.300 e. The summed E-state index contributed by atoms with van der Waals surface area (Å²) in [4.78, 5) is 14.9. The van der Waals surface area contributed by atoms with Gasteiger partial charge >= 0.3 is 0 Å². The molecule has 0 spiro atoms. The van der Waals surface area contributed by atoms with Crippen molar-refractivity contribution in [2.24, 2.45) is 5.92 Å². The van der Waals surface area contributed by atoms with Gasteiger partial charge in [-0.1, -0.05) is 42.5 Å². The third-order valence-electron chi connectivity index (χ3n) is 5.23. The van der Waals surface area contributed by atoms with Crippen LogP contribution in [0.4, 0.5) is 5.13 Å². The molecule has 1 N–H and O–H groups in total. The lowest BCUT2D eigenvalue weighted by molar-refractivity contribution is -0.119. The Hall–Kier alpha value is -2.58. The van der Waals surface area contributed by atoms with E-state index in [0.29, 0.717) is 11.7 Å². The maximum Gasteiger partial charge on any atom is 0.230 e. The predicted molar refractivity (Wildman–Crippen MR) is 114 cm³/mol. The monoisotopic (exact) mass is 410 g/mol. The molecule has 29 heavy (non-hydrogen) atoms. The molecule has 1 unspecified atom stereocenters. The zero-order valence-corrected chi connectivity index (χ0v) is 17.7. The highest BCUT2D eigenvalue weighted by Crippen LogP contribution is 2.21. The number of benzene rings is 1. The molecule has 0 radical (unpaired) electrons. The van der Waals surface area contributed by atoms with Crippen LogP contribution in [0.15, 0.2) is 36.5 Å². The summed E-state index contributed by atoms with van der Waals surface area (Å²) in [5.74, 6) is -0.261. The SMILES string of the molecule is Cc1ccn(CC(C)C(=O)Nc2nnc(CCN3CCc4ccccc4C3)s2)n1. The molecular formula is C21H26N6OS. The maximum atomic E-state index is 12.4. The topological polar surface area (TPSA) is 75.9 Å². The second-order valence-corrected chi connectivity index (χ2v) is 8.68. The van der Waals surface area contributed by atoms with Gasteiger partial charge < -0.3 is 5.32 Å². The van der Waals surface area contributed by atoms with E-state index in [4.69, 9.17) is 0 Å². The maximum absolute atomic E-state index is 12.4. The molecule has 0 saturated heterocycles. The lowest BCUT2D eigenvalue weighted by Crippen LogP contribution is -2.32. The van der Waals surface area contributed by atoms with Crippen LogP contribution in [0.5, 0.6) is 0 Å². The van der Waals surface area contributed by atoms with Crippen molar-refractivity contribution in [3.8, 4) is 0 Å². The van der Waals surface area contributed by atoms with Crippen molar-refractivity contribution in [1.82, 2.24) is 24.9 Å². The minimum Gasteiger partial charge on any atom is -0.300 e. The van der Waals surface area contributed by atoms with Crippen LogP contribution >= 0.6 is 11.3 Å². The van der Waals surface area contributed by atoms with Gasteiger partial charge in [-0.25, -0.2) is 0 Å². The molecule has 1 aromatic carbocycles. The summed E-state index contributed by atoms with van der Waals surface area (Å²) < 4.78 is 1.79. The minimum atomic E-state index is -0.199. The summed E-state index contributed by atoms with van der Waals surface area (Å²) in [6.45, 7) is 7.38. The smallest absolute Gasteiger partial charge is 0.230 e. The van der Waals surface area contributed by atoms with E-state index in [-0.39, 0.29) is 11.8 Å². The number of rotatable bonds is 7.